The van der Waals surface area contributed by atoms with Crippen molar-refractivity contribution in [3.63, 3.8) is 0 Å². The van der Waals surface area contributed by atoms with Crippen molar-refractivity contribution in [3.05, 3.63) is 143 Å². The van der Waals surface area contributed by atoms with Gasteiger partial charge in [0.25, 0.3) is 0 Å². The van der Waals surface area contributed by atoms with Crippen LogP contribution >= 0.6 is 0 Å². The highest BCUT2D eigenvalue weighted by atomic mass is 16.7. The fourth-order valence-electron chi connectivity index (χ4n) is 5.75. The maximum absolute atomic E-state index is 15.2. The summed E-state index contributed by atoms with van der Waals surface area (Å²) in [5.74, 6) is 0.619. The van der Waals surface area contributed by atoms with Crippen LogP contribution in [0.5, 0.6) is 34.5 Å². The summed E-state index contributed by atoms with van der Waals surface area (Å²) in [7, 11) is 6.05. The summed E-state index contributed by atoms with van der Waals surface area (Å²) < 4.78 is 48.6. The molecule has 5 rings (SSSR count). The molecule has 0 aliphatic heterocycles. The highest BCUT2D eigenvalue weighted by Crippen LogP contribution is 2.49. The third-order valence-corrected chi connectivity index (χ3v) is 8.25. The van der Waals surface area contributed by atoms with Crippen LogP contribution in [0.25, 0.3) is 0 Å². The molecule has 9 nitrogen and oxygen atoms in total. The lowest BCUT2D eigenvalue weighted by Gasteiger charge is -2.28. The average molecular weight is 707 g/mol. The van der Waals surface area contributed by atoms with Crippen molar-refractivity contribution in [2.45, 2.75) is 52.0 Å². The van der Waals surface area contributed by atoms with Gasteiger partial charge >= 0.3 is 0 Å². The first kappa shape index (κ1) is 37.7. The highest BCUT2D eigenvalue weighted by molar-refractivity contribution is 6.07. The Balaban J connectivity index is 1.62. The van der Waals surface area contributed by atoms with E-state index >= 15 is 4.79 Å². The molecule has 0 spiro atoms. The summed E-state index contributed by atoms with van der Waals surface area (Å²) in [6, 6.07) is 36.3. The van der Waals surface area contributed by atoms with E-state index in [1.165, 1.54) is 21.3 Å². The van der Waals surface area contributed by atoms with Gasteiger partial charge < -0.3 is 37.9 Å². The number of benzene rings is 5. The van der Waals surface area contributed by atoms with E-state index in [0.717, 1.165) is 16.7 Å². The van der Waals surface area contributed by atoms with Crippen LogP contribution in [0.3, 0.4) is 0 Å². The van der Waals surface area contributed by atoms with E-state index in [0.29, 0.717) is 29.4 Å². The predicted octanol–water partition coefficient (Wildman–Crippen LogP) is 8.81. The number of carbonyl (C=O) groups is 1. The number of ketones is 1. The van der Waals surface area contributed by atoms with E-state index in [1.807, 2.05) is 105 Å². The molecule has 272 valence electrons. The van der Waals surface area contributed by atoms with Crippen LogP contribution in [-0.4, -0.2) is 46.6 Å². The number of rotatable bonds is 19. The fourth-order valence-corrected chi connectivity index (χ4v) is 5.75. The third-order valence-electron chi connectivity index (χ3n) is 8.25. The Labute approximate surface area is 305 Å². The first-order valence-corrected chi connectivity index (χ1v) is 17.1. The molecule has 0 aliphatic rings. The average Bonchev–Trinajstić information content (AvgIpc) is 3.18. The maximum Gasteiger partial charge on any atom is 0.204 e. The minimum absolute atomic E-state index is 0.154. The first-order chi connectivity index (χ1) is 25.4. The Bertz CT molecular complexity index is 1860. The lowest BCUT2D eigenvalue weighted by molar-refractivity contribution is -0.110. The lowest BCUT2D eigenvalue weighted by atomic mass is 9.88. The Hall–Kier alpha value is -5.51. The second kappa shape index (κ2) is 18.6. The maximum atomic E-state index is 15.2. The van der Waals surface area contributed by atoms with Gasteiger partial charge in [0, 0.05) is 20.3 Å². The second-order valence-corrected chi connectivity index (χ2v) is 12.2. The summed E-state index contributed by atoms with van der Waals surface area (Å²) >= 11 is 0. The molecule has 9 heteroatoms. The molecule has 1 unspecified atom stereocenters. The molecule has 0 aliphatic carbocycles. The number of hydrogen-bond acceptors (Lipinski definition) is 9. The molecular weight excluding hydrogens is 660 g/mol. The van der Waals surface area contributed by atoms with E-state index in [-0.39, 0.29) is 47.9 Å². The van der Waals surface area contributed by atoms with Crippen molar-refractivity contribution in [1.82, 2.24) is 0 Å². The molecule has 0 aromatic heterocycles. The zero-order valence-corrected chi connectivity index (χ0v) is 30.5. The molecule has 52 heavy (non-hydrogen) atoms. The van der Waals surface area contributed by atoms with Crippen molar-refractivity contribution in [2.24, 2.45) is 0 Å². The van der Waals surface area contributed by atoms with Crippen LogP contribution in [0.1, 0.15) is 52.4 Å². The first-order valence-electron chi connectivity index (χ1n) is 17.1. The molecule has 0 saturated carbocycles. The number of ether oxygens (including phenoxy) is 8. The monoisotopic (exact) mass is 706 g/mol. The van der Waals surface area contributed by atoms with Crippen LogP contribution in [0.15, 0.2) is 115 Å². The molecule has 0 heterocycles. The summed E-state index contributed by atoms with van der Waals surface area (Å²) in [4.78, 5) is 15.2. The van der Waals surface area contributed by atoms with Gasteiger partial charge in [0.1, 0.15) is 31.1 Å². The number of hydrogen-bond donors (Lipinski definition) is 0. The van der Waals surface area contributed by atoms with Gasteiger partial charge in [0.2, 0.25) is 5.75 Å². The van der Waals surface area contributed by atoms with E-state index in [4.69, 9.17) is 37.9 Å². The number of carbonyl (C=O) groups excluding carboxylic acids is 1. The summed E-state index contributed by atoms with van der Waals surface area (Å²) in [6.45, 7) is 4.52. The van der Waals surface area contributed by atoms with Crippen molar-refractivity contribution in [1.29, 1.82) is 0 Å². The van der Waals surface area contributed by atoms with Crippen molar-refractivity contribution in [2.75, 3.05) is 28.4 Å². The van der Waals surface area contributed by atoms with Crippen LogP contribution in [-0.2, 0) is 29.3 Å². The van der Waals surface area contributed by atoms with Crippen molar-refractivity contribution in [3.8, 4) is 34.5 Å². The van der Waals surface area contributed by atoms with E-state index in [1.54, 1.807) is 31.4 Å². The largest absolute Gasteiger partial charge is 0.493 e. The van der Waals surface area contributed by atoms with E-state index in [9.17, 15) is 0 Å². The zero-order chi connectivity index (χ0) is 36.9. The molecule has 0 radical (unpaired) electrons. The SMILES string of the molecule is COc1cc(C(C(=O)c2c(OCc3ccccc3)cc(OCc3ccccc3)c(OC)c2OC(C)C)C(OC)OC)ccc1OCc1ccccc1. The van der Waals surface area contributed by atoms with Gasteiger partial charge in [-0.15, -0.1) is 0 Å². The van der Waals surface area contributed by atoms with Gasteiger partial charge in [0.15, 0.2) is 35.1 Å². The van der Waals surface area contributed by atoms with Crippen LogP contribution in [0.2, 0.25) is 0 Å². The van der Waals surface area contributed by atoms with Gasteiger partial charge in [0.05, 0.1) is 26.2 Å². The number of Topliss-reactive ketones (excluding diaryl/α,β-unsaturated/α-hetero) is 1. The third kappa shape index (κ3) is 9.42. The Kier molecular flexibility index (Phi) is 13.5. The van der Waals surface area contributed by atoms with Gasteiger partial charge in [-0.1, -0.05) is 97.1 Å². The predicted molar refractivity (Wildman–Crippen MR) is 199 cm³/mol. The minimum Gasteiger partial charge on any atom is -0.493 e. The van der Waals surface area contributed by atoms with Gasteiger partial charge in [-0.25, -0.2) is 0 Å². The quantitative estimate of drug-likeness (QED) is 0.0617. The van der Waals surface area contributed by atoms with Crippen LogP contribution in [0, 0.1) is 0 Å². The van der Waals surface area contributed by atoms with Crippen LogP contribution < -0.4 is 28.4 Å². The van der Waals surface area contributed by atoms with Gasteiger partial charge in [-0.2, -0.15) is 0 Å². The molecule has 1 atom stereocenters. The van der Waals surface area contributed by atoms with Crippen molar-refractivity contribution < 1.29 is 42.7 Å². The van der Waals surface area contributed by atoms with Gasteiger partial charge in [-0.05, 0) is 48.2 Å². The minimum atomic E-state index is -0.999. The zero-order valence-electron chi connectivity index (χ0n) is 30.5. The summed E-state index contributed by atoms with van der Waals surface area (Å²) in [5, 5.41) is 0. The normalized spacial score (nSPS) is 11.6. The summed E-state index contributed by atoms with van der Waals surface area (Å²) in [5.41, 5.74) is 3.59. The Morgan fingerprint density at radius 1 is 0.538 bits per heavy atom. The molecule has 5 aromatic rings. The van der Waals surface area contributed by atoms with Crippen LogP contribution in [0.4, 0.5) is 0 Å². The fraction of sp³-hybridized carbons (Fsp3) is 0.279. The molecule has 0 N–H and O–H groups in total. The molecule has 0 saturated heterocycles. The standard InChI is InChI=1S/C43H46O9/c1-29(2)52-42-39(36(50-27-31-18-12-8-13-19-31)25-37(41(42)46-4)51-28-32-20-14-9-15-21-32)40(44)38(43(47-5)48-6)33-22-23-34(35(24-33)45-3)49-26-30-16-10-7-11-17-30/h7-25,29,38,43H,26-28H2,1-6H3. The topological polar surface area (TPSA) is 90.9 Å². The lowest BCUT2D eigenvalue weighted by Crippen LogP contribution is -2.30. The molecule has 0 amide bonds. The smallest absolute Gasteiger partial charge is 0.204 e. The summed E-state index contributed by atoms with van der Waals surface area (Å²) in [6.07, 6.45) is -1.34. The molecule has 5 aromatic carbocycles. The Morgan fingerprint density at radius 2 is 1.04 bits per heavy atom. The molecule has 0 fully saturated rings. The second-order valence-electron chi connectivity index (χ2n) is 12.2. The number of methoxy groups -OCH3 is 4. The van der Waals surface area contributed by atoms with Gasteiger partial charge in [-0.3, -0.25) is 4.79 Å². The van der Waals surface area contributed by atoms with E-state index in [2.05, 4.69) is 0 Å². The van der Waals surface area contributed by atoms with Crippen molar-refractivity contribution >= 4 is 5.78 Å². The Morgan fingerprint density at radius 3 is 1.50 bits per heavy atom. The highest BCUT2D eigenvalue weighted by Gasteiger charge is 2.38. The molecule has 0 bridgehead atoms. The molecular formula is C43H46O9. The van der Waals surface area contributed by atoms with E-state index < -0.39 is 12.2 Å².